The van der Waals surface area contributed by atoms with E-state index < -0.39 is 0 Å². The van der Waals surface area contributed by atoms with Crippen LogP contribution in [-0.2, 0) is 6.42 Å². The van der Waals surface area contributed by atoms with Gasteiger partial charge in [0.15, 0.2) is 5.75 Å². The molecule has 0 atom stereocenters. The van der Waals surface area contributed by atoms with E-state index in [9.17, 15) is 0 Å². The lowest BCUT2D eigenvalue weighted by Gasteiger charge is -2.11. The average molecular weight is 262 g/mol. The van der Waals surface area contributed by atoms with E-state index in [0.29, 0.717) is 15.8 Å². The molecule has 0 N–H and O–H groups in total. The first-order valence-corrected chi connectivity index (χ1v) is 5.97. The number of ether oxygens (including phenoxy) is 1. The molecule has 0 heterocycles. The summed E-state index contributed by atoms with van der Waals surface area (Å²) in [7, 11) is 5.70. The van der Waals surface area contributed by atoms with Crippen molar-refractivity contribution in [1.29, 1.82) is 0 Å². The zero-order valence-electron chi connectivity index (χ0n) is 9.89. The SMILES string of the molecule is COc1c(Cl)cc(CCCN(C)C)cc1Cl. The Morgan fingerprint density at radius 1 is 1.19 bits per heavy atom. The second-order valence-electron chi connectivity index (χ2n) is 4.00. The summed E-state index contributed by atoms with van der Waals surface area (Å²) in [5, 5.41) is 1.16. The number of aryl methyl sites for hydroxylation is 1. The van der Waals surface area contributed by atoms with Crippen LogP contribution in [0, 0.1) is 0 Å². The van der Waals surface area contributed by atoms with Crippen LogP contribution in [0.25, 0.3) is 0 Å². The molecule has 0 amide bonds. The largest absolute Gasteiger partial charge is 0.494 e. The molecule has 2 nitrogen and oxygen atoms in total. The van der Waals surface area contributed by atoms with Crippen LogP contribution in [0.15, 0.2) is 12.1 Å². The van der Waals surface area contributed by atoms with Crippen LogP contribution in [-0.4, -0.2) is 32.6 Å². The standard InChI is InChI=1S/C12H17Cl2NO/c1-15(2)6-4-5-9-7-10(13)12(16-3)11(14)8-9/h7-8H,4-6H2,1-3H3. The summed E-state index contributed by atoms with van der Waals surface area (Å²) < 4.78 is 5.10. The summed E-state index contributed by atoms with van der Waals surface area (Å²) in [6, 6.07) is 3.84. The highest BCUT2D eigenvalue weighted by Crippen LogP contribution is 2.34. The van der Waals surface area contributed by atoms with E-state index in [1.54, 1.807) is 7.11 Å². The number of hydrogen-bond donors (Lipinski definition) is 0. The number of nitrogens with zero attached hydrogens (tertiary/aromatic N) is 1. The molecular formula is C12H17Cl2NO. The Balaban J connectivity index is 2.68. The highest BCUT2D eigenvalue weighted by Gasteiger charge is 2.08. The van der Waals surface area contributed by atoms with Gasteiger partial charge in [-0.25, -0.2) is 0 Å². The first-order valence-electron chi connectivity index (χ1n) is 5.21. The summed E-state index contributed by atoms with van der Waals surface area (Å²) in [6.45, 7) is 1.06. The fourth-order valence-electron chi connectivity index (χ4n) is 1.55. The van der Waals surface area contributed by atoms with Gasteiger partial charge in [-0.2, -0.15) is 0 Å². The lowest BCUT2D eigenvalue weighted by Crippen LogP contribution is -2.13. The smallest absolute Gasteiger partial charge is 0.156 e. The van der Waals surface area contributed by atoms with Crippen molar-refractivity contribution in [3.8, 4) is 5.75 Å². The first-order chi connectivity index (χ1) is 7.54. The molecule has 0 spiro atoms. The van der Waals surface area contributed by atoms with Gasteiger partial charge in [-0.1, -0.05) is 23.2 Å². The number of hydrogen-bond acceptors (Lipinski definition) is 2. The molecular weight excluding hydrogens is 245 g/mol. The minimum Gasteiger partial charge on any atom is -0.494 e. The van der Waals surface area contributed by atoms with Crippen molar-refractivity contribution in [3.05, 3.63) is 27.7 Å². The molecule has 0 bridgehead atoms. The monoisotopic (exact) mass is 261 g/mol. The molecule has 0 radical (unpaired) electrons. The maximum absolute atomic E-state index is 6.06. The summed E-state index contributed by atoms with van der Waals surface area (Å²) in [5.74, 6) is 0.555. The van der Waals surface area contributed by atoms with Gasteiger partial charge in [-0.05, 0) is 51.2 Å². The van der Waals surface area contributed by atoms with Crippen LogP contribution in [0.5, 0.6) is 5.75 Å². The number of benzene rings is 1. The maximum Gasteiger partial charge on any atom is 0.156 e. The Hall–Kier alpha value is -0.440. The summed E-state index contributed by atoms with van der Waals surface area (Å²) in [4.78, 5) is 2.16. The van der Waals surface area contributed by atoms with E-state index in [0.717, 1.165) is 24.9 Å². The van der Waals surface area contributed by atoms with Gasteiger partial charge in [0, 0.05) is 0 Å². The van der Waals surface area contributed by atoms with Crippen molar-refractivity contribution >= 4 is 23.2 Å². The quantitative estimate of drug-likeness (QED) is 0.805. The lowest BCUT2D eigenvalue weighted by atomic mass is 10.1. The Kier molecular flexibility index (Phi) is 5.39. The minimum atomic E-state index is 0.555. The zero-order valence-corrected chi connectivity index (χ0v) is 11.4. The molecule has 90 valence electrons. The van der Waals surface area contributed by atoms with Crippen LogP contribution in [0.2, 0.25) is 10.0 Å². The van der Waals surface area contributed by atoms with Gasteiger partial charge < -0.3 is 9.64 Å². The molecule has 0 aliphatic carbocycles. The fourth-order valence-corrected chi connectivity index (χ4v) is 2.24. The van der Waals surface area contributed by atoms with E-state index >= 15 is 0 Å². The van der Waals surface area contributed by atoms with E-state index in [-0.39, 0.29) is 0 Å². The summed E-state index contributed by atoms with van der Waals surface area (Å²) >= 11 is 12.1. The van der Waals surface area contributed by atoms with Crippen molar-refractivity contribution in [3.63, 3.8) is 0 Å². The normalized spacial score (nSPS) is 10.9. The molecule has 4 heteroatoms. The molecule has 0 saturated carbocycles. The van der Waals surface area contributed by atoms with Crippen LogP contribution in [0.3, 0.4) is 0 Å². The zero-order chi connectivity index (χ0) is 12.1. The fraction of sp³-hybridized carbons (Fsp3) is 0.500. The average Bonchev–Trinajstić information content (AvgIpc) is 2.16. The van der Waals surface area contributed by atoms with Gasteiger partial charge in [-0.15, -0.1) is 0 Å². The number of rotatable bonds is 5. The summed E-state index contributed by atoms with van der Waals surface area (Å²) in [5.41, 5.74) is 1.15. The van der Waals surface area contributed by atoms with Gasteiger partial charge >= 0.3 is 0 Å². The molecule has 0 unspecified atom stereocenters. The third-order valence-corrected chi connectivity index (χ3v) is 2.89. The topological polar surface area (TPSA) is 12.5 Å². The van der Waals surface area contributed by atoms with E-state index in [4.69, 9.17) is 27.9 Å². The van der Waals surface area contributed by atoms with Gasteiger partial charge in [0.1, 0.15) is 0 Å². The van der Waals surface area contributed by atoms with Gasteiger partial charge in [-0.3, -0.25) is 0 Å². The second-order valence-corrected chi connectivity index (χ2v) is 4.81. The Bertz CT molecular complexity index is 330. The van der Waals surface area contributed by atoms with Crippen LogP contribution in [0.4, 0.5) is 0 Å². The Morgan fingerprint density at radius 2 is 1.75 bits per heavy atom. The van der Waals surface area contributed by atoms with Crippen molar-refractivity contribution < 1.29 is 4.74 Å². The predicted octanol–water partition coefficient (Wildman–Crippen LogP) is 3.50. The number of methoxy groups -OCH3 is 1. The summed E-state index contributed by atoms with van der Waals surface area (Å²) in [6.07, 6.45) is 2.06. The maximum atomic E-state index is 6.06. The lowest BCUT2D eigenvalue weighted by molar-refractivity contribution is 0.400. The molecule has 1 aromatic carbocycles. The molecule has 1 aromatic rings. The van der Waals surface area contributed by atoms with Crippen LogP contribution in [0.1, 0.15) is 12.0 Å². The molecule has 0 fully saturated rings. The van der Waals surface area contributed by atoms with Crippen molar-refractivity contribution in [2.24, 2.45) is 0 Å². The van der Waals surface area contributed by atoms with Crippen molar-refractivity contribution in [2.45, 2.75) is 12.8 Å². The molecule has 0 aliphatic rings. The predicted molar refractivity (Wildman–Crippen MR) is 69.9 cm³/mol. The number of halogens is 2. The molecule has 0 saturated heterocycles. The van der Waals surface area contributed by atoms with Crippen LogP contribution < -0.4 is 4.74 Å². The van der Waals surface area contributed by atoms with E-state index in [1.165, 1.54) is 0 Å². The Morgan fingerprint density at radius 3 is 2.19 bits per heavy atom. The van der Waals surface area contributed by atoms with Crippen LogP contribution >= 0.6 is 23.2 Å². The second kappa shape index (κ2) is 6.33. The Labute approximate surface area is 107 Å². The van der Waals surface area contributed by atoms with Gasteiger partial charge in [0.25, 0.3) is 0 Å². The third-order valence-electron chi connectivity index (χ3n) is 2.33. The molecule has 0 aliphatic heterocycles. The third kappa shape index (κ3) is 3.85. The van der Waals surface area contributed by atoms with E-state index in [1.807, 2.05) is 12.1 Å². The highest BCUT2D eigenvalue weighted by atomic mass is 35.5. The van der Waals surface area contributed by atoms with E-state index in [2.05, 4.69) is 19.0 Å². The molecule has 16 heavy (non-hydrogen) atoms. The highest BCUT2D eigenvalue weighted by molar-refractivity contribution is 6.37. The van der Waals surface area contributed by atoms with Crippen molar-refractivity contribution in [2.75, 3.05) is 27.7 Å². The van der Waals surface area contributed by atoms with Crippen molar-refractivity contribution in [1.82, 2.24) is 4.90 Å². The van der Waals surface area contributed by atoms with Gasteiger partial charge in [0.05, 0.1) is 17.2 Å². The van der Waals surface area contributed by atoms with Gasteiger partial charge in [0.2, 0.25) is 0 Å². The first kappa shape index (κ1) is 13.6. The molecule has 0 aromatic heterocycles. The molecule has 1 rings (SSSR count). The minimum absolute atomic E-state index is 0.555.